The van der Waals surface area contributed by atoms with Gasteiger partial charge in [0.15, 0.2) is 5.65 Å². The molecule has 0 radical (unpaired) electrons. The summed E-state index contributed by atoms with van der Waals surface area (Å²) < 4.78 is 1.83. The lowest BCUT2D eigenvalue weighted by molar-refractivity contribution is -0.111. The van der Waals surface area contributed by atoms with Crippen LogP contribution in [0, 0.1) is 6.92 Å². The second kappa shape index (κ2) is 6.28. The fourth-order valence-electron chi connectivity index (χ4n) is 2.59. The van der Waals surface area contributed by atoms with E-state index < -0.39 is 0 Å². The van der Waals surface area contributed by atoms with Gasteiger partial charge < -0.3 is 5.32 Å². The number of aryl methyl sites for hydroxylation is 1. The molecule has 2 heterocycles. The second-order valence-corrected chi connectivity index (χ2v) is 6.03. The Labute approximate surface area is 141 Å². The number of aromatic nitrogens is 3. The van der Waals surface area contributed by atoms with Crippen LogP contribution in [-0.4, -0.2) is 20.7 Å². The molecule has 0 bridgehead atoms. The van der Waals surface area contributed by atoms with Crippen molar-refractivity contribution in [2.24, 2.45) is 0 Å². The van der Waals surface area contributed by atoms with E-state index in [4.69, 9.17) is 0 Å². The van der Waals surface area contributed by atoms with Crippen LogP contribution in [-0.2, 0) is 4.79 Å². The van der Waals surface area contributed by atoms with E-state index in [-0.39, 0.29) is 5.91 Å². The summed E-state index contributed by atoms with van der Waals surface area (Å²) in [5, 5.41) is 8.23. The molecule has 3 rings (SSSR count). The molecule has 5 nitrogen and oxygen atoms in total. The average Bonchev–Trinajstić information content (AvgIpc) is 2.91. The summed E-state index contributed by atoms with van der Waals surface area (Å²) >= 11 is 0. The molecule has 0 saturated heterocycles. The van der Waals surface area contributed by atoms with Crippen LogP contribution >= 0.6 is 0 Å². The summed E-state index contributed by atoms with van der Waals surface area (Å²) in [6.45, 7) is 9.72. The number of carbonyl (C=O) groups is 1. The van der Waals surface area contributed by atoms with E-state index in [0.29, 0.717) is 11.6 Å². The number of nitrogens with one attached hydrogen (secondary N) is 1. The topological polar surface area (TPSA) is 59.8 Å². The summed E-state index contributed by atoms with van der Waals surface area (Å²) in [6.07, 6.45) is 2.86. The van der Waals surface area contributed by atoms with Gasteiger partial charge in [-0.25, -0.2) is 9.67 Å². The smallest absolute Gasteiger partial charge is 0.247 e. The largest absolute Gasteiger partial charge is 0.321 e. The lowest BCUT2D eigenvalue weighted by Gasteiger charge is -2.08. The zero-order chi connectivity index (χ0) is 17.3. The first-order chi connectivity index (χ1) is 11.5. The summed E-state index contributed by atoms with van der Waals surface area (Å²) in [6, 6.07) is 10.2. The van der Waals surface area contributed by atoms with E-state index in [1.54, 1.807) is 6.20 Å². The Bertz CT molecular complexity index is 907. The predicted octanol–water partition coefficient (Wildman–Crippen LogP) is 3.98. The highest BCUT2D eigenvalue weighted by molar-refractivity contribution is 6.00. The number of amides is 1. The Morgan fingerprint density at radius 1 is 1.29 bits per heavy atom. The first-order valence-electron chi connectivity index (χ1n) is 7.88. The summed E-state index contributed by atoms with van der Waals surface area (Å²) in [7, 11) is 0. The van der Waals surface area contributed by atoms with Gasteiger partial charge in [0.05, 0.1) is 23.3 Å². The molecule has 1 N–H and O–H groups in total. The third-order valence-corrected chi connectivity index (χ3v) is 3.96. The normalized spacial score (nSPS) is 11.0. The molecule has 1 aromatic carbocycles. The highest BCUT2D eigenvalue weighted by atomic mass is 16.1. The van der Waals surface area contributed by atoms with Crippen molar-refractivity contribution in [3.63, 3.8) is 0 Å². The van der Waals surface area contributed by atoms with Gasteiger partial charge in [-0.05, 0) is 42.7 Å². The molecule has 0 fully saturated rings. The van der Waals surface area contributed by atoms with Crippen molar-refractivity contribution < 1.29 is 4.79 Å². The lowest BCUT2D eigenvalue weighted by atomic mass is 10.0. The molecule has 0 aliphatic rings. The highest BCUT2D eigenvalue weighted by Gasteiger charge is 2.12. The van der Waals surface area contributed by atoms with Gasteiger partial charge in [0.25, 0.3) is 0 Å². The molecular weight excluding hydrogens is 300 g/mol. The SMILES string of the molecule is C=CC(=O)Nc1cnc2c(c1)c(C)nn2-c1ccc(C(C)C)cc1. The molecule has 122 valence electrons. The van der Waals surface area contributed by atoms with Crippen LogP contribution in [0.3, 0.4) is 0 Å². The van der Waals surface area contributed by atoms with Crippen molar-refractivity contribution >= 4 is 22.6 Å². The van der Waals surface area contributed by atoms with Crippen molar-refractivity contribution in [3.8, 4) is 5.69 Å². The van der Waals surface area contributed by atoms with E-state index in [1.807, 2.05) is 17.7 Å². The molecule has 0 unspecified atom stereocenters. The van der Waals surface area contributed by atoms with E-state index in [9.17, 15) is 4.79 Å². The van der Waals surface area contributed by atoms with Crippen LogP contribution in [0.25, 0.3) is 16.7 Å². The number of anilines is 1. The zero-order valence-electron chi connectivity index (χ0n) is 14.1. The zero-order valence-corrected chi connectivity index (χ0v) is 14.1. The summed E-state index contributed by atoms with van der Waals surface area (Å²) in [5.41, 5.74) is 4.51. The van der Waals surface area contributed by atoms with Gasteiger partial charge >= 0.3 is 0 Å². The van der Waals surface area contributed by atoms with Gasteiger partial charge in [0, 0.05) is 5.39 Å². The van der Waals surface area contributed by atoms with Crippen LogP contribution in [0.5, 0.6) is 0 Å². The Morgan fingerprint density at radius 2 is 2.00 bits per heavy atom. The van der Waals surface area contributed by atoms with Gasteiger partial charge in [-0.3, -0.25) is 4.79 Å². The number of hydrogen-bond donors (Lipinski definition) is 1. The Kier molecular flexibility index (Phi) is 4.16. The molecule has 0 aliphatic heterocycles. The van der Waals surface area contributed by atoms with E-state index in [0.717, 1.165) is 22.4 Å². The first-order valence-corrected chi connectivity index (χ1v) is 7.88. The van der Waals surface area contributed by atoms with Crippen LogP contribution in [0.2, 0.25) is 0 Å². The molecule has 5 heteroatoms. The Balaban J connectivity index is 2.03. The maximum Gasteiger partial charge on any atom is 0.247 e. The minimum Gasteiger partial charge on any atom is -0.321 e. The van der Waals surface area contributed by atoms with E-state index >= 15 is 0 Å². The standard InChI is InChI=1S/C19H20N4O/c1-5-18(24)21-15-10-17-13(4)22-23(19(17)20-11-15)16-8-6-14(7-9-16)12(2)3/h5-12H,1H2,2-4H3,(H,21,24). The maximum absolute atomic E-state index is 11.4. The Morgan fingerprint density at radius 3 is 2.62 bits per heavy atom. The minimum atomic E-state index is -0.259. The third kappa shape index (κ3) is 2.93. The van der Waals surface area contributed by atoms with Crippen LogP contribution in [0.15, 0.2) is 49.2 Å². The van der Waals surface area contributed by atoms with Gasteiger partial charge in [-0.1, -0.05) is 32.6 Å². The van der Waals surface area contributed by atoms with E-state index in [1.165, 1.54) is 11.6 Å². The van der Waals surface area contributed by atoms with Crippen molar-refractivity contribution in [2.75, 3.05) is 5.32 Å². The first kappa shape index (κ1) is 15.9. The quantitative estimate of drug-likeness (QED) is 0.740. The van der Waals surface area contributed by atoms with Gasteiger partial charge in [0.1, 0.15) is 0 Å². The second-order valence-electron chi connectivity index (χ2n) is 6.03. The van der Waals surface area contributed by atoms with Crippen LogP contribution in [0.1, 0.15) is 31.0 Å². The number of fused-ring (bicyclic) bond motifs is 1. The van der Waals surface area contributed by atoms with Crippen molar-refractivity contribution in [3.05, 3.63) is 60.4 Å². The lowest BCUT2D eigenvalue weighted by Crippen LogP contribution is -2.07. The van der Waals surface area contributed by atoms with Crippen molar-refractivity contribution in [1.29, 1.82) is 0 Å². The fraction of sp³-hybridized carbons (Fsp3) is 0.211. The molecule has 0 spiro atoms. The molecule has 0 atom stereocenters. The number of carbonyl (C=O) groups excluding carboxylic acids is 1. The van der Waals surface area contributed by atoms with Gasteiger partial charge in [-0.15, -0.1) is 0 Å². The van der Waals surface area contributed by atoms with E-state index in [2.05, 4.69) is 60.1 Å². The number of rotatable bonds is 4. The minimum absolute atomic E-state index is 0.259. The maximum atomic E-state index is 11.4. The number of hydrogen-bond acceptors (Lipinski definition) is 3. The predicted molar refractivity (Wildman–Crippen MR) is 96.5 cm³/mol. The molecule has 0 saturated carbocycles. The summed E-state index contributed by atoms with van der Waals surface area (Å²) in [5.74, 6) is 0.231. The number of nitrogens with zero attached hydrogens (tertiary/aromatic N) is 3. The molecular formula is C19H20N4O. The highest BCUT2D eigenvalue weighted by Crippen LogP contribution is 2.24. The fourth-order valence-corrected chi connectivity index (χ4v) is 2.59. The van der Waals surface area contributed by atoms with Crippen LogP contribution < -0.4 is 5.32 Å². The number of pyridine rings is 1. The van der Waals surface area contributed by atoms with Crippen molar-refractivity contribution in [1.82, 2.24) is 14.8 Å². The molecule has 2 aromatic heterocycles. The third-order valence-electron chi connectivity index (χ3n) is 3.96. The molecule has 3 aromatic rings. The van der Waals surface area contributed by atoms with Crippen molar-refractivity contribution in [2.45, 2.75) is 26.7 Å². The summed E-state index contributed by atoms with van der Waals surface area (Å²) in [4.78, 5) is 15.9. The molecule has 0 aliphatic carbocycles. The molecule has 24 heavy (non-hydrogen) atoms. The molecule has 1 amide bonds. The monoisotopic (exact) mass is 320 g/mol. The number of benzene rings is 1. The van der Waals surface area contributed by atoms with Gasteiger partial charge in [-0.2, -0.15) is 5.10 Å². The Hall–Kier alpha value is -2.95. The average molecular weight is 320 g/mol. The van der Waals surface area contributed by atoms with Gasteiger partial charge in [0.2, 0.25) is 5.91 Å². The van der Waals surface area contributed by atoms with Crippen LogP contribution in [0.4, 0.5) is 5.69 Å².